The number of hydrogen-bond acceptors (Lipinski definition) is 3. The average molecular weight is 217 g/mol. The molecule has 0 unspecified atom stereocenters. The van der Waals surface area contributed by atoms with E-state index in [-0.39, 0.29) is 0 Å². The molecule has 0 spiro atoms. The first kappa shape index (κ1) is 9.63. The summed E-state index contributed by atoms with van der Waals surface area (Å²) in [6.07, 6.45) is 6.59. The van der Waals surface area contributed by atoms with Crippen LogP contribution < -0.4 is 0 Å². The van der Waals surface area contributed by atoms with Crippen molar-refractivity contribution >= 4 is 11.0 Å². The van der Waals surface area contributed by atoms with Crippen molar-refractivity contribution < 1.29 is 5.21 Å². The van der Waals surface area contributed by atoms with Crippen LogP contribution in [0.25, 0.3) is 11.0 Å². The quantitative estimate of drug-likeness (QED) is 0.803. The van der Waals surface area contributed by atoms with Gasteiger partial charge in [-0.25, -0.2) is 0 Å². The molecule has 0 bridgehead atoms. The Morgan fingerprint density at radius 3 is 3.00 bits per heavy atom. The van der Waals surface area contributed by atoms with Gasteiger partial charge in [0, 0.05) is 0 Å². The van der Waals surface area contributed by atoms with Gasteiger partial charge in [-0.3, -0.25) is 0 Å². The van der Waals surface area contributed by atoms with Crippen LogP contribution in [0, 0.1) is 5.92 Å². The molecule has 0 saturated heterocycles. The highest BCUT2D eigenvalue weighted by molar-refractivity contribution is 5.74. The molecule has 4 heteroatoms. The summed E-state index contributed by atoms with van der Waals surface area (Å²) in [7, 11) is 0. The van der Waals surface area contributed by atoms with Gasteiger partial charge in [-0.05, 0) is 41.7 Å². The van der Waals surface area contributed by atoms with Crippen LogP contribution in [-0.2, 0) is 6.42 Å². The molecule has 16 heavy (non-hydrogen) atoms. The summed E-state index contributed by atoms with van der Waals surface area (Å²) < 4.78 is 0. The first-order valence-electron chi connectivity index (χ1n) is 5.86. The minimum Gasteiger partial charge on any atom is -0.410 e. The largest absolute Gasteiger partial charge is 0.410 e. The summed E-state index contributed by atoms with van der Waals surface area (Å²) in [6.45, 7) is 0. The number of aryl methyl sites for hydroxylation is 1. The highest BCUT2D eigenvalue weighted by Crippen LogP contribution is 2.30. The summed E-state index contributed by atoms with van der Waals surface area (Å²) >= 11 is 0. The van der Waals surface area contributed by atoms with Crippen molar-refractivity contribution in [2.24, 2.45) is 5.92 Å². The smallest absolute Gasteiger partial charge is 0.130 e. The second kappa shape index (κ2) is 3.77. The van der Waals surface area contributed by atoms with Crippen LogP contribution in [0.1, 0.15) is 31.2 Å². The van der Waals surface area contributed by atoms with Crippen molar-refractivity contribution in [3.05, 3.63) is 23.8 Å². The molecule has 1 aromatic carbocycles. The fraction of sp³-hybridized carbons (Fsp3) is 0.500. The fourth-order valence-corrected chi connectivity index (χ4v) is 2.26. The van der Waals surface area contributed by atoms with Crippen LogP contribution in [0.3, 0.4) is 0 Å². The number of rotatable bonds is 3. The van der Waals surface area contributed by atoms with Gasteiger partial charge in [0.25, 0.3) is 0 Å². The molecule has 1 N–H and O–H groups in total. The van der Waals surface area contributed by atoms with Gasteiger partial charge in [0.05, 0.1) is 0 Å². The van der Waals surface area contributed by atoms with Gasteiger partial charge in [0.15, 0.2) is 0 Å². The third-order valence-electron chi connectivity index (χ3n) is 3.56. The minimum atomic E-state index is 0.674. The Morgan fingerprint density at radius 1 is 1.38 bits per heavy atom. The summed E-state index contributed by atoms with van der Waals surface area (Å²) in [5.74, 6) is 0.934. The Bertz CT molecular complexity index is 502. The lowest BCUT2D eigenvalue weighted by Gasteiger charge is -2.25. The summed E-state index contributed by atoms with van der Waals surface area (Å²) in [6, 6.07) is 5.95. The predicted octanol–water partition coefficient (Wildman–Crippen LogP) is 2.40. The molecule has 1 aliphatic rings. The molecule has 0 amide bonds. The van der Waals surface area contributed by atoms with Crippen molar-refractivity contribution in [3.63, 3.8) is 0 Å². The lowest BCUT2D eigenvalue weighted by Crippen LogP contribution is -2.11. The average Bonchev–Trinajstić information content (AvgIpc) is 2.58. The van der Waals surface area contributed by atoms with Crippen molar-refractivity contribution in [2.45, 2.75) is 32.1 Å². The molecule has 1 aromatic heterocycles. The van der Waals surface area contributed by atoms with Crippen LogP contribution in [0.2, 0.25) is 0 Å². The number of nitrogens with zero attached hydrogens (tertiary/aromatic N) is 3. The standard InChI is InChI=1S/C12H15N3O/c16-15-12-7-6-10(8-11(12)13-14-15)5-4-9-2-1-3-9/h6-9,16H,1-5H2. The fourth-order valence-electron chi connectivity index (χ4n) is 2.26. The van der Waals surface area contributed by atoms with Gasteiger partial charge in [-0.2, -0.15) is 0 Å². The Morgan fingerprint density at radius 2 is 2.25 bits per heavy atom. The van der Waals surface area contributed by atoms with E-state index in [9.17, 15) is 5.21 Å². The SMILES string of the molecule is On1nnc2cc(CCC3CCC3)ccc21. The van der Waals surface area contributed by atoms with E-state index in [1.54, 1.807) is 0 Å². The van der Waals surface area contributed by atoms with E-state index < -0.39 is 0 Å². The van der Waals surface area contributed by atoms with Gasteiger partial charge >= 0.3 is 0 Å². The van der Waals surface area contributed by atoms with Gasteiger partial charge in [-0.1, -0.05) is 30.2 Å². The van der Waals surface area contributed by atoms with Crippen LogP contribution in [-0.4, -0.2) is 20.4 Å². The zero-order valence-corrected chi connectivity index (χ0v) is 9.13. The molecule has 4 nitrogen and oxygen atoms in total. The van der Waals surface area contributed by atoms with Crippen LogP contribution in [0.15, 0.2) is 18.2 Å². The third-order valence-corrected chi connectivity index (χ3v) is 3.56. The molecular formula is C12H15N3O. The Labute approximate surface area is 93.8 Å². The van der Waals surface area contributed by atoms with E-state index in [0.717, 1.165) is 22.7 Å². The molecule has 0 radical (unpaired) electrons. The lowest BCUT2D eigenvalue weighted by molar-refractivity contribution is 0.155. The van der Waals surface area contributed by atoms with Crippen molar-refractivity contribution in [1.82, 2.24) is 15.2 Å². The van der Waals surface area contributed by atoms with Crippen LogP contribution in [0.4, 0.5) is 0 Å². The predicted molar refractivity (Wildman–Crippen MR) is 60.4 cm³/mol. The highest BCUT2D eigenvalue weighted by atomic mass is 16.5. The number of fused-ring (bicyclic) bond motifs is 1. The lowest BCUT2D eigenvalue weighted by atomic mass is 9.81. The topological polar surface area (TPSA) is 50.9 Å². The van der Waals surface area contributed by atoms with Gasteiger partial charge < -0.3 is 5.21 Å². The van der Waals surface area contributed by atoms with Crippen molar-refractivity contribution in [2.75, 3.05) is 0 Å². The maximum atomic E-state index is 9.31. The van der Waals surface area contributed by atoms with E-state index in [0.29, 0.717) is 5.52 Å². The maximum absolute atomic E-state index is 9.31. The number of benzene rings is 1. The van der Waals surface area contributed by atoms with E-state index in [2.05, 4.69) is 16.4 Å². The zero-order valence-electron chi connectivity index (χ0n) is 9.13. The van der Waals surface area contributed by atoms with Gasteiger partial charge in [0.1, 0.15) is 11.0 Å². The summed E-state index contributed by atoms with van der Waals surface area (Å²) in [4.78, 5) is 0.824. The molecule has 0 aliphatic heterocycles. The molecule has 1 aliphatic carbocycles. The molecule has 1 heterocycles. The second-order valence-electron chi connectivity index (χ2n) is 4.64. The second-order valence-corrected chi connectivity index (χ2v) is 4.64. The van der Waals surface area contributed by atoms with Crippen LogP contribution in [0.5, 0.6) is 0 Å². The molecule has 0 atom stereocenters. The monoisotopic (exact) mass is 217 g/mol. The molecular weight excluding hydrogens is 202 g/mol. The zero-order chi connectivity index (χ0) is 11.0. The molecule has 1 fully saturated rings. The maximum Gasteiger partial charge on any atom is 0.130 e. The Kier molecular flexibility index (Phi) is 2.27. The van der Waals surface area contributed by atoms with Gasteiger partial charge in [0.2, 0.25) is 0 Å². The Hall–Kier alpha value is -1.58. The highest BCUT2D eigenvalue weighted by Gasteiger charge is 2.16. The molecule has 1 saturated carbocycles. The molecule has 2 aromatic rings. The van der Waals surface area contributed by atoms with Crippen molar-refractivity contribution in [3.8, 4) is 0 Å². The Balaban J connectivity index is 1.76. The molecule has 84 valence electrons. The number of aromatic nitrogens is 3. The molecule has 3 rings (SSSR count). The summed E-state index contributed by atoms with van der Waals surface area (Å²) in [5, 5.41) is 16.8. The number of hydrogen-bond donors (Lipinski definition) is 1. The van der Waals surface area contributed by atoms with E-state index in [4.69, 9.17) is 0 Å². The third kappa shape index (κ3) is 1.64. The van der Waals surface area contributed by atoms with E-state index >= 15 is 0 Å². The van der Waals surface area contributed by atoms with Crippen LogP contribution >= 0.6 is 0 Å². The summed E-state index contributed by atoms with van der Waals surface area (Å²) in [5.41, 5.74) is 2.74. The first-order valence-corrected chi connectivity index (χ1v) is 5.86. The normalized spacial score (nSPS) is 16.5. The first-order chi connectivity index (χ1) is 7.83. The minimum absolute atomic E-state index is 0.674. The van der Waals surface area contributed by atoms with Crippen molar-refractivity contribution in [1.29, 1.82) is 0 Å². The van der Waals surface area contributed by atoms with E-state index in [1.807, 2.05) is 12.1 Å². The van der Waals surface area contributed by atoms with E-state index in [1.165, 1.54) is 31.2 Å². The van der Waals surface area contributed by atoms with Gasteiger partial charge in [-0.15, -0.1) is 5.10 Å².